The van der Waals surface area contributed by atoms with Gasteiger partial charge in [-0.1, -0.05) is 35.5 Å². The van der Waals surface area contributed by atoms with E-state index in [2.05, 4.69) is 15.5 Å². The lowest BCUT2D eigenvalue weighted by Gasteiger charge is -2.08. The fourth-order valence-electron chi connectivity index (χ4n) is 3.71. The fraction of sp³-hybridized carbons (Fsp3) is 0.217. The smallest absolute Gasteiger partial charge is 0.259 e. The van der Waals surface area contributed by atoms with Crippen LogP contribution in [0.2, 0.25) is 0 Å². The Morgan fingerprint density at radius 1 is 1.19 bits per heavy atom. The van der Waals surface area contributed by atoms with Crippen molar-refractivity contribution < 1.29 is 14.1 Å². The molecule has 1 aliphatic rings. The van der Waals surface area contributed by atoms with Gasteiger partial charge in [-0.2, -0.15) is 0 Å². The molecule has 0 bridgehead atoms. The maximum Gasteiger partial charge on any atom is 0.259 e. The minimum absolute atomic E-state index is 0.327. The van der Waals surface area contributed by atoms with E-state index < -0.39 is 5.91 Å². The van der Waals surface area contributed by atoms with Gasteiger partial charge >= 0.3 is 0 Å². The summed E-state index contributed by atoms with van der Waals surface area (Å²) in [5.41, 5.74) is 9.66. The number of carbonyl (C=O) groups is 2. The lowest BCUT2D eigenvalue weighted by atomic mass is 10.0. The Bertz CT molecular complexity index is 1340. The van der Waals surface area contributed by atoms with Gasteiger partial charge in [0.05, 0.1) is 16.5 Å². The van der Waals surface area contributed by atoms with Gasteiger partial charge in [-0.15, -0.1) is 11.3 Å². The highest BCUT2D eigenvalue weighted by Gasteiger charge is 2.30. The van der Waals surface area contributed by atoms with E-state index in [4.69, 9.17) is 10.3 Å². The first-order chi connectivity index (χ1) is 14.9. The zero-order valence-corrected chi connectivity index (χ0v) is 17.9. The van der Waals surface area contributed by atoms with E-state index >= 15 is 0 Å². The maximum absolute atomic E-state index is 13.4. The Balaban J connectivity index is 1.65. The van der Waals surface area contributed by atoms with E-state index in [1.54, 1.807) is 0 Å². The minimum Gasteiger partial charge on any atom is -0.365 e. The van der Waals surface area contributed by atoms with Crippen molar-refractivity contribution in [2.45, 2.75) is 32.6 Å². The molecule has 3 heterocycles. The molecular weight excluding hydrogens is 412 g/mol. The Hall–Kier alpha value is -3.52. The van der Waals surface area contributed by atoms with Crippen molar-refractivity contribution in [3.8, 4) is 11.3 Å². The summed E-state index contributed by atoms with van der Waals surface area (Å²) in [4.78, 5) is 31.0. The van der Waals surface area contributed by atoms with Crippen LogP contribution in [0.5, 0.6) is 0 Å². The van der Waals surface area contributed by atoms with Crippen LogP contribution in [0.1, 0.15) is 55.6 Å². The summed E-state index contributed by atoms with van der Waals surface area (Å²) < 4.78 is 5.54. The van der Waals surface area contributed by atoms with E-state index in [9.17, 15) is 9.59 Å². The van der Waals surface area contributed by atoms with Crippen LogP contribution in [0.3, 0.4) is 0 Å². The number of anilines is 1. The van der Waals surface area contributed by atoms with Gasteiger partial charge in [-0.3, -0.25) is 9.59 Å². The number of hydrogen-bond acceptors (Lipinski definition) is 6. The van der Waals surface area contributed by atoms with Gasteiger partial charge < -0.3 is 15.6 Å². The van der Waals surface area contributed by atoms with Crippen LogP contribution in [0.4, 0.5) is 5.00 Å². The third-order valence-corrected chi connectivity index (χ3v) is 6.74. The second-order valence-corrected chi connectivity index (χ2v) is 8.98. The molecular formula is C23H20N4O3S. The number of fused-ring (bicyclic) bond motifs is 1. The van der Waals surface area contributed by atoms with E-state index in [0.29, 0.717) is 38.8 Å². The van der Waals surface area contributed by atoms with Crippen LogP contribution in [0, 0.1) is 13.8 Å². The van der Waals surface area contributed by atoms with E-state index in [1.807, 2.05) is 50.2 Å². The molecule has 0 spiro atoms. The second kappa shape index (κ2) is 7.31. The number of carbonyl (C=O) groups excluding carboxylic acids is 2. The average Bonchev–Trinajstić information content (AvgIpc) is 3.45. The summed E-state index contributed by atoms with van der Waals surface area (Å²) >= 11 is 1.34. The quantitative estimate of drug-likeness (QED) is 0.471. The number of nitrogens with one attached hydrogen (secondary N) is 1. The van der Waals surface area contributed by atoms with Crippen molar-refractivity contribution in [2.24, 2.45) is 5.73 Å². The van der Waals surface area contributed by atoms with Crippen LogP contribution < -0.4 is 11.1 Å². The molecule has 0 unspecified atom stereocenters. The molecule has 3 aromatic heterocycles. The number of benzene rings is 1. The zero-order valence-electron chi connectivity index (χ0n) is 17.1. The number of nitrogens with two attached hydrogens (primary N) is 1. The lowest BCUT2D eigenvalue weighted by Crippen LogP contribution is -2.18. The Kier molecular flexibility index (Phi) is 4.59. The maximum atomic E-state index is 13.4. The molecule has 1 saturated carbocycles. The fourth-order valence-corrected chi connectivity index (χ4v) is 4.77. The van der Waals surface area contributed by atoms with Crippen LogP contribution in [-0.4, -0.2) is 22.0 Å². The molecule has 7 nitrogen and oxygen atoms in total. The summed E-state index contributed by atoms with van der Waals surface area (Å²) in [6.45, 7) is 3.72. The first kappa shape index (κ1) is 19.4. The van der Waals surface area contributed by atoms with Crippen LogP contribution in [-0.2, 0) is 0 Å². The summed E-state index contributed by atoms with van der Waals surface area (Å²) in [7, 11) is 0. The van der Waals surface area contributed by atoms with Crippen LogP contribution >= 0.6 is 11.3 Å². The summed E-state index contributed by atoms with van der Waals surface area (Å²) in [6.07, 6.45) is 2.07. The number of thiophene rings is 1. The number of rotatable bonds is 5. The molecule has 156 valence electrons. The predicted octanol–water partition coefficient (Wildman–Crippen LogP) is 4.80. The number of hydrogen-bond donors (Lipinski definition) is 2. The minimum atomic E-state index is -0.564. The van der Waals surface area contributed by atoms with Crippen molar-refractivity contribution in [1.29, 1.82) is 0 Å². The average molecular weight is 433 g/mol. The first-order valence-corrected chi connectivity index (χ1v) is 10.8. The van der Waals surface area contributed by atoms with Gasteiger partial charge in [0.15, 0.2) is 0 Å². The largest absolute Gasteiger partial charge is 0.365 e. The molecule has 1 fully saturated rings. The molecule has 0 radical (unpaired) electrons. The van der Waals surface area contributed by atoms with Crippen molar-refractivity contribution in [2.75, 3.05) is 5.32 Å². The summed E-state index contributed by atoms with van der Waals surface area (Å²) in [5.74, 6) is -0.585. The van der Waals surface area contributed by atoms with E-state index in [1.165, 1.54) is 11.3 Å². The van der Waals surface area contributed by atoms with Crippen LogP contribution in [0.25, 0.3) is 22.4 Å². The number of aryl methyl sites for hydroxylation is 1. The molecule has 8 heteroatoms. The van der Waals surface area contributed by atoms with Crippen molar-refractivity contribution in [3.05, 3.63) is 63.7 Å². The zero-order chi connectivity index (χ0) is 21.7. The van der Waals surface area contributed by atoms with Crippen LogP contribution in [0.15, 0.2) is 40.9 Å². The molecule has 5 rings (SSSR count). The molecule has 2 amide bonds. The topological polar surface area (TPSA) is 111 Å². The standard InChI is InChI=1S/C23H20N4O3S/c1-11-12(2)31-23(17(11)20(24)28)26-21(29)15-10-16(13-8-9-13)25-22-18(15)19(27-30-22)14-6-4-3-5-7-14/h3-7,10,13H,8-9H2,1-2H3,(H2,24,28)(H,26,29). The van der Waals surface area contributed by atoms with Crippen molar-refractivity contribution >= 4 is 39.3 Å². The molecule has 0 atom stereocenters. The third kappa shape index (κ3) is 3.38. The van der Waals surface area contributed by atoms with Gasteiger partial charge in [-0.05, 0) is 38.3 Å². The Morgan fingerprint density at radius 2 is 1.94 bits per heavy atom. The molecule has 31 heavy (non-hydrogen) atoms. The highest BCUT2D eigenvalue weighted by Crippen LogP contribution is 2.42. The second-order valence-electron chi connectivity index (χ2n) is 7.75. The highest BCUT2D eigenvalue weighted by molar-refractivity contribution is 7.16. The Labute approximate surface area is 182 Å². The van der Waals surface area contributed by atoms with Crippen molar-refractivity contribution in [1.82, 2.24) is 10.1 Å². The number of pyridine rings is 1. The molecule has 3 N–H and O–H groups in total. The molecule has 0 aliphatic heterocycles. The monoisotopic (exact) mass is 432 g/mol. The molecule has 1 aliphatic carbocycles. The lowest BCUT2D eigenvalue weighted by molar-refractivity contribution is 0.100. The SMILES string of the molecule is Cc1sc(NC(=O)c2cc(C3CC3)nc3onc(-c4ccccc4)c23)c(C(N)=O)c1C. The number of nitrogens with zero attached hydrogens (tertiary/aromatic N) is 2. The normalized spacial score (nSPS) is 13.5. The highest BCUT2D eigenvalue weighted by atomic mass is 32.1. The van der Waals surface area contributed by atoms with Gasteiger partial charge in [0.2, 0.25) is 0 Å². The predicted molar refractivity (Wildman–Crippen MR) is 119 cm³/mol. The number of aromatic nitrogens is 2. The molecule has 0 saturated heterocycles. The molecule has 1 aromatic carbocycles. The van der Waals surface area contributed by atoms with Crippen molar-refractivity contribution in [3.63, 3.8) is 0 Å². The molecule has 4 aromatic rings. The van der Waals surface area contributed by atoms with E-state index in [0.717, 1.165) is 34.5 Å². The Morgan fingerprint density at radius 3 is 2.61 bits per heavy atom. The third-order valence-electron chi connectivity index (χ3n) is 5.61. The number of primary amides is 1. The summed E-state index contributed by atoms with van der Waals surface area (Å²) in [5, 5.41) is 8.11. The van der Waals surface area contributed by atoms with Gasteiger partial charge in [0.1, 0.15) is 10.7 Å². The van der Waals surface area contributed by atoms with E-state index in [-0.39, 0.29) is 5.91 Å². The number of amides is 2. The van der Waals surface area contributed by atoms with Gasteiger partial charge in [0, 0.05) is 22.1 Å². The first-order valence-electron chi connectivity index (χ1n) is 10.0. The van der Waals surface area contributed by atoms with Gasteiger partial charge in [-0.25, -0.2) is 4.98 Å². The van der Waals surface area contributed by atoms with Gasteiger partial charge in [0.25, 0.3) is 17.5 Å². The summed E-state index contributed by atoms with van der Waals surface area (Å²) in [6, 6.07) is 11.3.